The van der Waals surface area contributed by atoms with Gasteiger partial charge in [0.25, 0.3) is 0 Å². The Bertz CT molecular complexity index is 451. The fraction of sp³-hybridized carbons (Fsp3) is 0.667. The van der Waals surface area contributed by atoms with Gasteiger partial charge in [-0.2, -0.15) is 0 Å². The highest BCUT2D eigenvalue weighted by atomic mass is 79.9. The van der Waals surface area contributed by atoms with E-state index in [9.17, 15) is 0 Å². The van der Waals surface area contributed by atoms with Crippen molar-refractivity contribution in [3.8, 4) is 0 Å². The molecule has 0 unspecified atom stereocenters. The molecule has 21 heavy (non-hydrogen) atoms. The van der Waals surface area contributed by atoms with Crippen LogP contribution in [0.2, 0.25) is 0 Å². The first-order chi connectivity index (χ1) is 10.1. The van der Waals surface area contributed by atoms with E-state index >= 15 is 0 Å². The van der Waals surface area contributed by atoms with Gasteiger partial charge < -0.3 is 5.32 Å². The summed E-state index contributed by atoms with van der Waals surface area (Å²) < 4.78 is 1.25. The normalized spacial score (nSPS) is 18.9. The topological polar surface area (TPSA) is 15.3 Å². The van der Waals surface area contributed by atoms with Crippen LogP contribution >= 0.6 is 15.9 Å². The minimum Gasteiger partial charge on any atom is -0.313 e. The van der Waals surface area contributed by atoms with Gasteiger partial charge in [0.05, 0.1) is 0 Å². The third-order valence-electron chi connectivity index (χ3n) is 5.01. The van der Waals surface area contributed by atoms with Gasteiger partial charge in [-0.25, -0.2) is 0 Å². The van der Waals surface area contributed by atoms with Crippen LogP contribution in [0.15, 0.2) is 22.7 Å². The van der Waals surface area contributed by atoms with Crippen molar-refractivity contribution in [2.24, 2.45) is 5.41 Å². The Kier molecular flexibility index (Phi) is 6.27. The van der Waals surface area contributed by atoms with Gasteiger partial charge in [0.15, 0.2) is 0 Å². The van der Waals surface area contributed by atoms with Gasteiger partial charge in [0.1, 0.15) is 0 Å². The van der Waals surface area contributed by atoms with Crippen molar-refractivity contribution >= 4 is 15.9 Å². The maximum absolute atomic E-state index is 3.75. The molecule has 0 aromatic heterocycles. The standard InChI is InChI=1S/C18H29BrN2/c1-4-18(3)8-10-21(11-9-18)14-16-7-6-15(12-17(16)19)13-20-5-2/h6-7,12,20H,4-5,8-11,13-14H2,1-3H3. The highest BCUT2D eigenvalue weighted by Crippen LogP contribution is 2.34. The number of piperidine rings is 1. The molecule has 0 saturated carbocycles. The van der Waals surface area contributed by atoms with Crippen LogP contribution in [-0.4, -0.2) is 24.5 Å². The van der Waals surface area contributed by atoms with Crippen molar-refractivity contribution in [1.82, 2.24) is 10.2 Å². The zero-order valence-electron chi connectivity index (χ0n) is 13.7. The molecule has 1 saturated heterocycles. The number of nitrogens with one attached hydrogen (secondary N) is 1. The summed E-state index contributed by atoms with van der Waals surface area (Å²) in [6, 6.07) is 6.80. The Hall–Kier alpha value is -0.380. The van der Waals surface area contributed by atoms with Crippen LogP contribution in [0.3, 0.4) is 0 Å². The van der Waals surface area contributed by atoms with Crippen LogP contribution in [0.1, 0.15) is 51.2 Å². The van der Waals surface area contributed by atoms with Gasteiger partial charge in [-0.3, -0.25) is 4.90 Å². The third kappa shape index (κ3) is 4.80. The van der Waals surface area contributed by atoms with E-state index in [4.69, 9.17) is 0 Å². The van der Waals surface area contributed by atoms with E-state index in [0.717, 1.165) is 19.6 Å². The molecule has 0 bridgehead atoms. The molecule has 1 fully saturated rings. The molecule has 0 radical (unpaired) electrons. The molecule has 1 aromatic carbocycles. The Morgan fingerprint density at radius 3 is 2.52 bits per heavy atom. The molecule has 2 rings (SSSR count). The average Bonchev–Trinajstić information content (AvgIpc) is 2.50. The third-order valence-corrected chi connectivity index (χ3v) is 5.75. The Morgan fingerprint density at radius 1 is 1.24 bits per heavy atom. The van der Waals surface area contributed by atoms with Gasteiger partial charge in [-0.05, 0) is 55.1 Å². The molecule has 1 N–H and O–H groups in total. The van der Waals surface area contributed by atoms with E-state index in [-0.39, 0.29) is 0 Å². The lowest BCUT2D eigenvalue weighted by molar-refractivity contribution is 0.109. The Morgan fingerprint density at radius 2 is 1.95 bits per heavy atom. The molecule has 0 aliphatic carbocycles. The predicted molar refractivity (Wildman–Crippen MR) is 94.4 cm³/mol. The first kappa shape index (κ1) is 17.0. The Labute approximate surface area is 138 Å². The smallest absolute Gasteiger partial charge is 0.0244 e. The molecule has 1 heterocycles. The maximum atomic E-state index is 3.75. The summed E-state index contributed by atoms with van der Waals surface area (Å²) in [6.45, 7) is 12.4. The molecule has 1 aliphatic rings. The van der Waals surface area contributed by atoms with Gasteiger partial charge in [0.2, 0.25) is 0 Å². The first-order valence-electron chi connectivity index (χ1n) is 8.26. The number of hydrogen-bond acceptors (Lipinski definition) is 2. The van der Waals surface area contributed by atoms with E-state index in [1.165, 1.54) is 48.0 Å². The summed E-state index contributed by atoms with van der Waals surface area (Å²) >= 11 is 3.75. The zero-order chi connectivity index (χ0) is 15.3. The average molecular weight is 353 g/mol. The molecule has 118 valence electrons. The highest BCUT2D eigenvalue weighted by molar-refractivity contribution is 9.10. The van der Waals surface area contributed by atoms with Crippen molar-refractivity contribution in [2.45, 2.75) is 53.1 Å². The van der Waals surface area contributed by atoms with Crippen LogP contribution in [-0.2, 0) is 13.1 Å². The summed E-state index contributed by atoms with van der Waals surface area (Å²) in [7, 11) is 0. The number of rotatable bonds is 6. The van der Waals surface area contributed by atoms with Crippen molar-refractivity contribution in [3.63, 3.8) is 0 Å². The highest BCUT2D eigenvalue weighted by Gasteiger charge is 2.28. The largest absolute Gasteiger partial charge is 0.313 e. The first-order valence-corrected chi connectivity index (χ1v) is 9.06. The van der Waals surface area contributed by atoms with Gasteiger partial charge in [-0.1, -0.05) is 55.3 Å². The second-order valence-corrected chi connectivity index (χ2v) is 7.50. The number of hydrogen-bond donors (Lipinski definition) is 1. The summed E-state index contributed by atoms with van der Waals surface area (Å²) in [4.78, 5) is 2.60. The lowest BCUT2D eigenvalue weighted by atomic mass is 9.78. The number of halogens is 1. The van der Waals surface area contributed by atoms with Crippen molar-refractivity contribution in [3.05, 3.63) is 33.8 Å². The maximum Gasteiger partial charge on any atom is 0.0244 e. The van der Waals surface area contributed by atoms with Gasteiger partial charge in [0, 0.05) is 17.6 Å². The van der Waals surface area contributed by atoms with Crippen LogP contribution in [0.5, 0.6) is 0 Å². The summed E-state index contributed by atoms with van der Waals surface area (Å²) in [5, 5.41) is 3.38. The molecule has 0 atom stereocenters. The summed E-state index contributed by atoms with van der Waals surface area (Å²) in [5.74, 6) is 0. The summed E-state index contributed by atoms with van der Waals surface area (Å²) in [5.41, 5.74) is 3.34. The predicted octanol–water partition coefficient (Wildman–Crippen LogP) is 4.57. The molecule has 3 heteroatoms. The van der Waals surface area contributed by atoms with Crippen LogP contribution in [0.25, 0.3) is 0 Å². The quantitative estimate of drug-likeness (QED) is 0.806. The van der Waals surface area contributed by atoms with Crippen molar-refractivity contribution in [2.75, 3.05) is 19.6 Å². The SMILES string of the molecule is CCNCc1ccc(CN2CCC(C)(CC)CC2)c(Br)c1. The lowest BCUT2D eigenvalue weighted by Gasteiger charge is -2.39. The van der Waals surface area contributed by atoms with E-state index in [1.807, 2.05) is 0 Å². The monoisotopic (exact) mass is 352 g/mol. The molecule has 0 amide bonds. The van der Waals surface area contributed by atoms with Gasteiger partial charge in [-0.15, -0.1) is 0 Å². The molecular weight excluding hydrogens is 324 g/mol. The number of benzene rings is 1. The fourth-order valence-corrected chi connectivity index (χ4v) is 3.50. The zero-order valence-corrected chi connectivity index (χ0v) is 15.3. The second-order valence-electron chi connectivity index (χ2n) is 6.65. The van der Waals surface area contributed by atoms with Crippen molar-refractivity contribution < 1.29 is 0 Å². The van der Waals surface area contributed by atoms with Crippen LogP contribution in [0.4, 0.5) is 0 Å². The molecule has 2 nitrogen and oxygen atoms in total. The lowest BCUT2D eigenvalue weighted by Crippen LogP contribution is -2.37. The van der Waals surface area contributed by atoms with Gasteiger partial charge >= 0.3 is 0 Å². The minimum atomic E-state index is 0.573. The Balaban J connectivity index is 1.92. The molecule has 1 aliphatic heterocycles. The fourth-order valence-electron chi connectivity index (χ4n) is 2.94. The second kappa shape index (κ2) is 7.75. The van der Waals surface area contributed by atoms with Crippen LogP contribution < -0.4 is 5.32 Å². The van der Waals surface area contributed by atoms with Crippen LogP contribution in [0, 0.1) is 5.41 Å². The van der Waals surface area contributed by atoms with E-state index in [1.54, 1.807) is 0 Å². The van der Waals surface area contributed by atoms with E-state index in [0.29, 0.717) is 5.41 Å². The molecular formula is C18H29BrN2. The number of nitrogens with zero attached hydrogens (tertiary/aromatic N) is 1. The minimum absolute atomic E-state index is 0.573. The van der Waals surface area contributed by atoms with E-state index in [2.05, 4.69) is 65.1 Å². The molecule has 1 aromatic rings. The summed E-state index contributed by atoms with van der Waals surface area (Å²) in [6.07, 6.45) is 3.98. The van der Waals surface area contributed by atoms with E-state index < -0.39 is 0 Å². The number of likely N-dealkylation sites (tertiary alicyclic amines) is 1. The molecule has 0 spiro atoms. The van der Waals surface area contributed by atoms with Crippen molar-refractivity contribution in [1.29, 1.82) is 0 Å².